The van der Waals surface area contributed by atoms with Gasteiger partial charge in [0.15, 0.2) is 0 Å². The molecule has 0 aromatic heterocycles. The molecule has 2 amide bonds. The van der Waals surface area contributed by atoms with E-state index < -0.39 is 15.0 Å². The van der Waals surface area contributed by atoms with Gasteiger partial charge in [-0.3, -0.25) is 0 Å². The Bertz CT molecular complexity index is 116. The normalized spacial score (nSPS) is 12.1. The molecule has 5 N–H and O–H groups in total. The van der Waals surface area contributed by atoms with Crippen LogP contribution in [0.3, 0.4) is 0 Å². The first-order valence-electron chi connectivity index (χ1n) is 2.58. The quantitative estimate of drug-likeness (QED) is 0.427. The maximum atomic E-state index is 10.1. The number of primary amides is 1. The number of nitrogens with two attached hydrogens (primary N) is 2. The van der Waals surface area contributed by atoms with Crippen molar-refractivity contribution in [3.8, 4) is 0 Å². The second-order valence-electron chi connectivity index (χ2n) is 1.64. The molecule has 0 fully saturated rings. The molecule has 0 spiro atoms. The van der Waals surface area contributed by atoms with E-state index in [1.54, 1.807) is 5.70 Å². The van der Waals surface area contributed by atoms with E-state index in [0.29, 0.717) is 6.17 Å². The van der Waals surface area contributed by atoms with Crippen molar-refractivity contribution in [2.45, 2.75) is 0 Å². The number of rotatable bonds is 3. The summed E-state index contributed by atoms with van der Waals surface area (Å²) in [5.41, 5.74) is 6.45. The number of urea groups is 1. The van der Waals surface area contributed by atoms with Crippen molar-refractivity contribution in [1.29, 1.82) is 0 Å². The van der Waals surface area contributed by atoms with E-state index in [0.717, 1.165) is 0 Å². The van der Waals surface area contributed by atoms with Gasteiger partial charge in [0.05, 0.1) is 0 Å². The molecular weight excluding hydrogens is 134 g/mol. The van der Waals surface area contributed by atoms with Gasteiger partial charge in [0.1, 0.15) is 8.96 Å². The lowest BCUT2D eigenvalue weighted by Crippen LogP contribution is -2.42. The molecule has 0 aliphatic carbocycles. The highest BCUT2D eigenvalue weighted by atomic mass is 28.3. The Kier molecular flexibility index (Phi) is 3.73. The summed E-state index contributed by atoms with van der Waals surface area (Å²) in [7, 11) is -1.39. The molecular formula is C4H11N3OSi. The van der Waals surface area contributed by atoms with Crippen LogP contribution in [0, 0.1) is 0 Å². The average molecular weight is 145 g/mol. The fourth-order valence-electron chi connectivity index (χ4n) is 0.302. The van der Waals surface area contributed by atoms with Gasteiger partial charge in [0.25, 0.3) is 0 Å². The molecule has 0 aromatic carbocycles. The second-order valence-corrected chi connectivity index (χ2v) is 3.85. The highest BCUT2D eigenvalue weighted by Crippen LogP contribution is 1.67. The minimum Gasteiger partial charge on any atom is -0.352 e. The standard InChI is InChI=1S/C4H11N3OSi/c1-2-9(6)3-7-4(5)8/h2,9H,1,3,6H2,(H3,5,7,8). The number of carbonyl (C=O) groups excluding carboxylic acids is 1. The summed E-state index contributed by atoms with van der Waals surface area (Å²) in [4.78, 5) is 10.1. The maximum Gasteiger partial charge on any atom is 0.311 e. The minimum atomic E-state index is -1.39. The van der Waals surface area contributed by atoms with Crippen LogP contribution in [0.25, 0.3) is 0 Å². The van der Waals surface area contributed by atoms with Crippen LogP contribution in [0.1, 0.15) is 0 Å². The lowest BCUT2D eigenvalue weighted by molar-refractivity contribution is 0.250. The molecule has 52 valence electrons. The molecule has 0 aromatic rings. The first kappa shape index (κ1) is 8.19. The highest BCUT2D eigenvalue weighted by molar-refractivity contribution is 6.61. The zero-order chi connectivity index (χ0) is 7.28. The Balaban J connectivity index is 3.26. The average Bonchev–Trinajstić information content (AvgIpc) is 1.83. The zero-order valence-electron chi connectivity index (χ0n) is 5.13. The van der Waals surface area contributed by atoms with Crippen LogP contribution in [0.2, 0.25) is 0 Å². The minimum absolute atomic E-state index is 0.485. The molecule has 9 heavy (non-hydrogen) atoms. The van der Waals surface area contributed by atoms with Crippen molar-refractivity contribution in [2.75, 3.05) is 6.17 Å². The van der Waals surface area contributed by atoms with Crippen LogP contribution in [0.5, 0.6) is 0 Å². The molecule has 1 atom stereocenters. The Labute approximate surface area is 55.6 Å². The van der Waals surface area contributed by atoms with Crippen molar-refractivity contribution in [3.63, 3.8) is 0 Å². The van der Waals surface area contributed by atoms with Gasteiger partial charge < -0.3 is 16.4 Å². The van der Waals surface area contributed by atoms with Gasteiger partial charge in [-0.25, -0.2) is 4.79 Å². The summed E-state index contributed by atoms with van der Waals surface area (Å²) in [6, 6.07) is -0.528. The fraction of sp³-hybridized carbons (Fsp3) is 0.250. The number of hydrogen-bond acceptors (Lipinski definition) is 2. The Morgan fingerprint density at radius 2 is 2.44 bits per heavy atom. The van der Waals surface area contributed by atoms with E-state index in [9.17, 15) is 4.79 Å². The third-order valence-electron chi connectivity index (χ3n) is 0.815. The Hall–Kier alpha value is -0.813. The van der Waals surface area contributed by atoms with Gasteiger partial charge in [0, 0.05) is 6.17 Å². The van der Waals surface area contributed by atoms with Gasteiger partial charge >= 0.3 is 6.03 Å². The zero-order valence-corrected chi connectivity index (χ0v) is 6.29. The largest absolute Gasteiger partial charge is 0.352 e. The maximum absolute atomic E-state index is 10.1. The first-order chi connectivity index (χ1) is 4.16. The first-order valence-corrected chi connectivity index (χ1v) is 4.73. The fourth-order valence-corrected chi connectivity index (χ4v) is 0.905. The van der Waals surface area contributed by atoms with Crippen molar-refractivity contribution >= 4 is 15.0 Å². The Morgan fingerprint density at radius 1 is 1.89 bits per heavy atom. The number of amides is 2. The van der Waals surface area contributed by atoms with Gasteiger partial charge in [0.2, 0.25) is 0 Å². The third kappa shape index (κ3) is 5.05. The summed E-state index contributed by atoms with van der Waals surface area (Å²) in [6.07, 6.45) is 0.485. The van der Waals surface area contributed by atoms with Crippen LogP contribution in [0.15, 0.2) is 12.3 Å². The lowest BCUT2D eigenvalue weighted by Gasteiger charge is -2.02. The highest BCUT2D eigenvalue weighted by Gasteiger charge is 1.98. The summed E-state index contributed by atoms with van der Waals surface area (Å²) < 4.78 is 0. The molecule has 0 aliphatic heterocycles. The van der Waals surface area contributed by atoms with E-state index in [-0.39, 0.29) is 0 Å². The number of carbonyl (C=O) groups is 1. The van der Waals surface area contributed by atoms with E-state index in [2.05, 4.69) is 11.9 Å². The SMILES string of the molecule is C=C[SiH](N)CNC(N)=O. The molecule has 1 unspecified atom stereocenters. The van der Waals surface area contributed by atoms with E-state index >= 15 is 0 Å². The Morgan fingerprint density at radius 3 is 2.78 bits per heavy atom. The number of hydrogen-bond donors (Lipinski definition) is 3. The van der Waals surface area contributed by atoms with Crippen LogP contribution in [-0.2, 0) is 0 Å². The predicted octanol–water partition coefficient (Wildman–Crippen LogP) is -1.40. The monoisotopic (exact) mass is 145 g/mol. The van der Waals surface area contributed by atoms with Crippen molar-refractivity contribution < 1.29 is 4.79 Å². The van der Waals surface area contributed by atoms with Crippen LogP contribution in [0.4, 0.5) is 4.79 Å². The molecule has 0 aliphatic rings. The summed E-state index contributed by atoms with van der Waals surface area (Å²) >= 11 is 0. The van der Waals surface area contributed by atoms with E-state index in [4.69, 9.17) is 11.1 Å². The van der Waals surface area contributed by atoms with Crippen LogP contribution in [-0.4, -0.2) is 21.2 Å². The summed E-state index contributed by atoms with van der Waals surface area (Å²) in [6.45, 7) is 3.48. The van der Waals surface area contributed by atoms with Crippen LogP contribution >= 0.6 is 0 Å². The summed E-state index contributed by atoms with van der Waals surface area (Å²) in [5, 5.41) is 7.87. The van der Waals surface area contributed by atoms with Crippen LogP contribution < -0.4 is 16.4 Å². The number of nitrogens with one attached hydrogen (secondary N) is 1. The third-order valence-corrected chi connectivity index (χ3v) is 2.10. The predicted molar refractivity (Wildman–Crippen MR) is 39.1 cm³/mol. The molecule has 0 radical (unpaired) electrons. The smallest absolute Gasteiger partial charge is 0.311 e. The van der Waals surface area contributed by atoms with Gasteiger partial charge in [-0.2, -0.15) is 0 Å². The van der Waals surface area contributed by atoms with Gasteiger partial charge in [-0.15, -0.1) is 6.58 Å². The lowest BCUT2D eigenvalue weighted by atomic mass is 11.0. The molecule has 5 heteroatoms. The molecule has 0 rings (SSSR count). The topological polar surface area (TPSA) is 81.1 Å². The van der Waals surface area contributed by atoms with Crippen molar-refractivity contribution in [1.82, 2.24) is 5.32 Å². The second kappa shape index (κ2) is 4.10. The van der Waals surface area contributed by atoms with Gasteiger partial charge in [-0.1, -0.05) is 5.70 Å². The molecule has 0 heterocycles. The van der Waals surface area contributed by atoms with Gasteiger partial charge in [-0.05, 0) is 0 Å². The molecule has 4 nitrogen and oxygen atoms in total. The molecule has 0 saturated heterocycles. The van der Waals surface area contributed by atoms with Crippen molar-refractivity contribution in [3.05, 3.63) is 12.3 Å². The summed E-state index contributed by atoms with van der Waals surface area (Å²) in [5.74, 6) is 0. The van der Waals surface area contributed by atoms with Crippen molar-refractivity contribution in [2.24, 2.45) is 11.1 Å². The molecule has 0 bridgehead atoms. The van der Waals surface area contributed by atoms with E-state index in [1.165, 1.54) is 0 Å². The van der Waals surface area contributed by atoms with E-state index in [1.807, 2.05) is 0 Å². The molecule has 0 saturated carbocycles.